The average Bonchev–Trinajstić information content (AvgIpc) is 2.49. The molecule has 2 nitrogen and oxygen atoms in total. The number of halogens is 2. The van der Waals surface area contributed by atoms with Crippen LogP contribution in [0.15, 0.2) is 18.2 Å². The molecule has 21 heavy (non-hydrogen) atoms. The van der Waals surface area contributed by atoms with E-state index < -0.39 is 0 Å². The van der Waals surface area contributed by atoms with Gasteiger partial charge in [-0.1, -0.05) is 93.6 Å². The molecule has 0 saturated carbocycles. The molecule has 0 spiro atoms. The van der Waals surface area contributed by atoms with Crippen molar-refractivity contribution >= 4 is 23.2 Å². The highest BCUT2D eigenvalue weighted by atomic mass is 35.5. The lowest BCUT2D eigenvalue weighted by Gasteiger charge is -2.18. The lowest BCUT2D eigenvalue weighted by molar-refractivity contribution is 0.475. The summed E-state index contributed by atoms with van der Waals surface area (Å²) in [6.45, 7) is 2.25. The van der Waals surface area contributed by atoms with Gasteiger partial charge in [-0.3, -0.25) is 11.3 Å². The van der Waals surface area contributed by atoms with E-state index in [4.69, 9.17) is 29.0 Å². The zero-order valence-electron chi connectivity index (χ0n) is 13.0. The van der Waals surface area contributed by atoms with E-state index in [0.717, 1.165) is 18.4 Å². The van der Waals surface area contributed by atoms with Crippen molar-refractivity contribution in [3.05, 3.63) is 33.8 Å². The highest BCUT2D eigenvalue weighted by molar-refractivity contribution is 6.42. The fourth-order valence-electron chi connectivity index (χ4n) is 2.60. The molecule has 0 amide bonds. The second kappa shape index (κ2) is 11.3. The Kier molecular flexibility index (Phi) is 10.1. The standard InChI is InChI=1S/C17H28Cl2N2/c1-2-3-4-5-6-7-8-9-13-16(21-20)14-11-10-12-15(18)17(14)19/h10-12,16,21H,2-9,13,20H2,1H3. The van der Waals surface area contributed by atoms with E-state index >= 15 is 0 Å². The van der Waals surface area contributed by atoms with Crippen LogP contribution in [0.1, 0.15) is 76.3 Å². The first-order chi connectivity index (χ1) is 10.2. The van der Waals surface area contributed by atoms with Crippen LogP contribution in [0.2, 0.25) is 10.0 Å². The molecule has 0 aliphatic carbocycles. The molecule has 1 rings (SSSR count). The molecule has 0 aliphatic heterocycles. The van der Waals surface area contributed by atoms with Crippen molar-refractivity contribution in [2.45, 2.75) is 70.8 Å². The van der Waals surface area contributed by atoms with Crippen LogP contribution in [0.4, 0.5) is 0 Å². The number of benzene rings is 1. The van der Waals surface area contributed by atoms with E-state index in [2.05, 4.69) is 12.3 Å². The minimum Gasteiger partial charge on any atom is -0.271 e. The van der Waals surface area contributed by atoms with Gasteiger partial charge in [-0.05, 0) is 18.1 Å². The van der Waals surface area contributed by atoms with Crippen LogP contribution >= 0.6 is 23.2 Å². The van der Waals surface area contributed by atoms with Gasteiger partial charge in [0.2, 0.25) is 0 Å². The maximum absolute atomic E-state index is 6.25. The Bertz CT molecular complexity index is 396. The van der Waals surface area contributed by atoms with Crippen LogP contribution in [-0.2, 0) is 0 Å². The second-order valence-electron chi connectivity index (χ2n) is 5.63. The molecule has 0 aliphatic rings. The van der Waals surface area contributed by atoms with E-state index in [-0.39, 0.29) is 6.04 Å². The predicted molar refractivity (Wildman–Crippen MR) is 93.8 cm³/mol. The monoisotopic (exact) mass is 330 g/mol. The van der Waals surface area contributed by atoms with Crippen LogP contribution in [0.5, 0.6) is 0 Å². The van der Waals surface area contributed by atoms with Crippen molar-refractivity contribution in [1.82, 2.24) is 5.43 Å². The van der Waals surface area contributed by atoms with Gasteiger partial charge < -0.3 is 0 Å². The molecular formula is C17H28Cl2N2. The summed E-state index contributed by atoms with van der Waals surface area (Å²) in [4.78, 5) is 0. The highest BCUT2D eigenvalue weighted by Gasteiger charge is 2.14. The molecule has 0 fully saturated rings. The van der Waals surface area contributed by atoms with Gasteiger partial charge >= 0.3 is 0 Å². The molecule has 0 heterocycles. The van der Waals surface area contributed by atoms with Crippen molar-refractivity contribution in [2.24, 2.45) is 5.84 Å². The van der Waals surface area contributed by atoms with E-state index in [1.807, 2.05) is 12.1 Å². The van der Waals surface area contributed by atoms with Gasteiger partial charge in [0, 0.05) is 6.04 Å². The molecule has 1 atom stereocenters. The molecule has 120 valence electrons. The zero-order chi connectivity index (χ0) is 15.5. The Hall–Kier alpha value is -0.280. The molecule has 1 aromatic carbocycles. The van der Waals surface area contributed by atoms with E-state index in [9.17, 15) is 0 Å². The van der Waals surface area contributed by atoms with E-state index in [1.54, 1.807) is 6.07 Å². The van der Waals surface area contributed by atoms with Crippen LogP contribution in [-0.4, -0.2) is 0 Å². The summed E-state index contributed by atoms with van der Waals surface area (Å²) < 4.78 is 0. The van der Waals surface area contributed by atoms with Crippen molar-refractivity contribution in [2.75, 3.05) is 0 Å². The summed E-state index contributed by atoms with van der Waals surface area (Å²) >= 11 is 12.3. The van der Waals surface area contributed by atoms with Crippen molar-refractivity contribution in [3.63, 3.8) is 0 Å². The van der Waals surface area contributed by atoms with Gasteiger partial charge in [-0.15, -0.1) is 0 Å². The van der Waals surface area contributed by atoms with Crippen molar-refractivity contribution in [3.8, 4) is 0 Å². The minimum absolute atomic E-state index is 0.0799. The lowest BCUT2D eigenvalue weighted by Crippen LogP contribution is -2.28. The predicted octanol–water partition coefficient (Wildman–Crippen LogP) is 6.03. The van der Waals surface area contributed by atoms with Crippen LogP contribution in [0.25, 0.3) is 0 Å². The fraction of sp³-hybridized carbons (Fsp3) is 0.647. The molecule has 4 heteroatoms. The van der Waals surface area contributed by atoms with Gasteiger partial charge in [0.25, 0.3) is 0 Å². The number of rotatable bonds is 11. The first-order valence-electron chi connectivity index (χ1n) is 8.10. The van der Waals surface area contributed by atoms with Gasteiger partial charge in [-0.25, -0.2) is 0 Å². The summed E-state index contributed by atoms with van der Waals surface area (Å²) in [7, 11) is 0. The summed E-state index contributed by atoms with van der Waals surface area (Å²) in [5, 5.41) is 1.20. The van der Waals surface area contributed by atoms with Gasteiger partial charge in [0.15, 0.2) is 0 Å². The highest BCUT2D eigenvalue weighted by Crippen LogP contribution is 2.31. The molecule has 3 N–H and O–H groups in total. The van der Waals surface area contributed by atoms with Crippen LogP contribution < -0.4 is 11.3 Å². The average molecular weight is 331 g/mol. The van der Waals surface area contributed by atoms with Crippen molar-refractivity contribution in [1.29, 1.82) is 0 Å². The number of nitrogens with two attached hydrogens (primary N) is 1. The number of unbranched alkanes of at least 4 members (excludes halogenated alkanes) is 7. The van der Waals surface area contributed by atoms with Crippen LogP contribution in [0.3, 0.4) is 0 Å². The maximum Gasteiger partial charge on any atom is 0.0640 e. The minimum atomic E-state index is 0.0799. The number of hydrogen-bond acceptors (Lipinski definition) is 2. The molecular weight excluding hydrogens is 303 g/mol. The summed E-state index contributed by atoms with van der Waals surface area (Å²) in [5.41, 5.74) is 3.86. The SMILES string of the molecule is CCCCCCCCCCC(NN)c1cccc(Cl)c1Cl. The third-order valence-electron chi connectivity index (χ3n) is 3.90. The van der Waals surface area contributed by atoms with Gasteiger partial charge in [0.1, 0.15) is 0 Å². The summed E-state index contributed by atoms with van der Waals surface area (Å²) in [6, 6.07) is 5.79. The summed E-state index contributed by atoms with van der Waals surface area (Å²) in [5.74, 6) is 5.67. The van der Waals surface area contributed by atoms with Gasteiger partial charge in [-0.2, -0.15) is 0 Å². The Morgan fingerprint density at radius 3 is 2.24 bits per heavy atom. The van der Waals surface area contributed by atoms with E-state index in [1.165, 1.54) is 44.9 Å². The fourth-order valence-corrected chi connectivity index (χ4v) is 3.04. The molecule has 0 aromatic heterocycles. The number of hydrogen-bond donors (Lipinski definition) is 2. The molecule has 0 saturated heterocycles. The Balaban J connectivity index is 2.27. The summed E-state index contributed by atoms with van der Waals surface area (Å²) in [6.07, 6.45) is 11.5. The normalized spacial score (nSPS) is 12.6. The molecule has 1 unspecified atom stereocenters. The number of nitrogens with one attached hydrogen (secondary N) is 1. The Morgan fingerprint density at radius 2 is 1.62 bits per heavy atom. The largest absolute Gasteiger partial charge is 0.271 e. The third kappa shape index (κ3) is 7.01. The second-order valence-corrected chi connectivity index (χ2v) is 6.41. The quantitative estimate of drug-likeness (QED) is 0.295. The first kappa shape index (κ1) is 18.8. The molecule has 0 radical (unpaired) electrons. The number of hydrazine groups is 1. The topological polar surface area (TPSA) is 38.0 Å². The third-order valence-corrected chi connectivity index (χ3v) is 4.74. The zero-order valence-corrected chi connectivity index (χ0v) is 14.5. The Morgan fingerprint density at radius 1 is 1.00 bits per heavy atom. The maximum atomic E-state index is 6.25. The van der Waals surface area contributed by atoms with Gasteiger partial charge in [0.05, 0.1) is 10.0 Å². The Labute approximate surface area is 139 Å². The molecule has 1 aromatic rings. The lowest BCUT2D eigenvalue weighted by atomic mass is 10.00. The smallest absolute Gasteiger partial charge is 0.0640 e. The van der Waals surface area contributed by atoms with Crippen molar-refractivity contribution < 1.29 is 0 Å². The van der Waals surface area contributed by atoms with Crippen LogP contribution in [0, 0.1) is 0 Å². The van der Waals surface area contributed by atoms with E-state index in [0.29, 0.717) is 10.0 Å². The molecule has 0 bridgehead atoms. The first-order valence-corrected chi connectivity index (χ1v) is 8.86.